The second-order valence-corrected chi connectivity index (χ2v) is 5.48. The maximum Gasteiger partial charge on any atom is 0.274 e. The summed E-state index contributed by atoms with van der Waals surface area (Å²) in [5.41, 5.74) is 1.92. The lowest BCUT2D eigenvalue weighted by Crippen LogP contribution is -2.48. The molecule has 7 heteroatoms. The number of methoxy groups -OCH3 is 1. The van der Waals surface area contributed by atoms with E-state index in [0.717, 1.165) is 0 Å². The molecule has 7 nitrogen and oxygen atoms in total. The smallest absolute Gasteiger partial charge is 0.274 e. The third-order valence-electron chi connectivity index (χ3n) is 4.01. The molecule has 0 bridgehead atoms. The lowest BCUT2D eigenvalue weighted by molar-refractivity contribution is -0.129. The van der Waals surface area contributed by atoms with Crippen LogP contribution in [-0.4, -0.2) is 54.1 Å². The number of ether oxygens (including phenoxy) is 1. The van der Waals surface area contributed by atoms with Crippen LogP contribution < -0.4 is 10.7 Å². The highest BCUT2D eigenvalue weighted by atomic mass is 16.5. The molecule has 3 rings (SSSR count). The van der Waals surface area contributed by atoms with Gasteiger partial charge >= 0.3 is 0 Å². The van der Waals surface area contributed by atoms with Gasteiger partial charge in [-0.05, 0) is 19.4 Å². The molecular formula is C14H20N4O3. The molecule has 3 aliphatic heterocycles. The van der Waals surface area contributed by atoms with Gasteiger partial charge in [0, 0.05) is 13.2 Å². The highest BCUT2D eigenvalue weighted by molar-refractivity contribution is 6.10. The Bertz CT molecular complexity index is 589. The molecule has 0 aromatic rings. The van der Waals surface area contributed by atoms with Crippen LogP contribution in [0.3, 0.4) is 0 Å². The summed E-state index contributed by atoms with van der Waals surface area (Å²) in [5.74, 6) is 0.0107. The first-order valence-electron chi connectivity index (χ1n) is 7.58. The normalized spacial score (nSPS) is 27.5. The molecule has 2 atom stereocenters. The Morgan fingerprint density at radius 3 is 2.95 bits per heavy atom. The van der Waals surface area contributed by atoms with E-state index < -0.39 is 0 Å². The lowest BCUT2D eigenvalue weighted by atomic mass is 10.2. The van der Waals surface area contributed by atoms with Crippen molar-refractivity contribution in [2.24, 2.45) is 0 Å². The molecule has 0 saturated heterocycles. The molecule has 3 aliphatic rings. The standard InChI is InChI=1S/C14H20N4O3/c1-4-9-5-11-15-12-10(13(19)18(11)16-9)6-17(14(12)20)8(2)7-21-3/h5,8-9,15-16H,4,6-7H2,1-3H3/t8-,9?/m0/s1/i/hD. The summed E-state index contributed by atoms with van der Waals surface area (Å²) in [6, 6.07) is -0.276. The molecule has 0 radical (unpaired) electrons. The number of nitrogens with zero attached hydrogens (tertiary/aromatic N) is 2. The third kappa shape index (κ3) is 2.13. The second-order valence-electron chi connectivity index (χ2n) is 5.48. The summed E-state index contributed by atoms with van der Waals surface area (Å²) in [6.07, 6.45) is 2.53. The summed E-state index contributed by atoms with van der Waals surface area (Å²) in [4.78, 5) is 26.8. The number of hydrogen-bond acceptors (Lipinski definition) is 5. The zero-order chi connectivity index (χ0) is 16.0. The Balaban J connectivity index is 1.87. The number of nitrogens with one attached hydrogen (secondary N) is 2. The van der Waals surface area contributed by atoms with Crippen LogP contribution in [0.2, 0.25) is 1.41 Å². The van der Waals surface area contributed by atoms with Crippen LogP contribution >= 0.6 is 0 Å². The summed E-state index contributed by atoms with van der Waals surface area (Å²) < 4.78 is 13.1. The number of hydrazine groups is 1. The summed E-state index contributed by atoms with van der Waals surface area (Å²) in [6.45, 7) is 4.50. The lowest BCUT2D eigenvalue weighted by Gasteiger charge is -2.26. The molecule has 0 spiro atoms. The molecule has 114 valence electrons. The van der Waals surface area contributed by atoms with Crippen molar-refractivity contribution in [1.29, 1.82) is 0 Å². The van der Waals surface area contributed by atoms with Gasteiger partial charge < -0.3 is 15.0 Å². The van der Waals surface area contributed by atoms with Gasteiger partial charge in [0.05, 0.1) is 24.8 Å². The van der Waals surface area contributed by atoms with E-state index in [4.69, 9.17) is 6.15 Å². The second kappa shape index (κ2) is 5.16. The molecule has 1 unspecified atom stereocenters. The molecule has 21 heavy (non-hydrogen) atoms. The number of carbonyl (C=O) groups excluding carboxylic acids is 2. The van der Waals surface area contributed by atoms with Gasteiger partial charge in [-0.1, -0.05) is 6.92 Å². The van der Waals surface area contributed by atoms with Gasteiger partial charge in [0.1, 0.15) is 12.9 Å². The first kappa shape index (κ1) is 12.8. The Morgan fingerprint density at radius 2 is 2.29 bits per heavy atom. The molecule has 0 aliphatic carbocycles. The van der Waals surface area contributed by atoms with Gasteiger partial charge in [-0.25, -0.2) is 10.4 Å². The predicted octanol–water partition coefficient (Wildman–Crippen LogP) is -0.312. The van der Waals surface area contributed by atoms with Gasteiger partial charge in [0.2, 0.25) is 0 Å². The molecule has 3 heterocycles. The maximum absolute atomic E-state index is 12.6. The van der Waals surface area contributed by atoms with Crippen LogP contribution in [0.4, 0.5) is 0 Å². The van der Waals surface area contributed by atoms with E-state index in [2.05, 4.69) is 5.32 Å². The topological polar surface area (TPSA) is 73.9 Å². The van der Waals surface area contributed by atoms with Crippen molar-refractivity contribution in [2.45, 2.75) is 32.4 Å². The van der Waals surface area contributed by atoms with Crippen molar-refractivity contribution in [3.8, 4) is 0 Å². The van der Waals surface area contributed by atoms with Crippen molar-refractivity contribution in [3.63, 3.8) is 0 Å². The SMILES string of the molecule is [2H]N1C(CC)C=C2NC3=C(CN([C@@H](C)COC)C3=O)C(=O)N21. The van der Waals surface area contributed by atoms with Crippen molar-refractivity contribution in [3.05, 3.63) is 23.2 Å². The van der Waals surface area contributed by atoms with Crippen molar-refractivity contribution in [2.75, 3.05) is 20.3 Å². The monoisotopic (exact) mass is 293 g/mol. The zero-order valence-corrected chi connectivity index (χ0v) is 12.4. The van der Waals surface area contributed by atoms with E-state index in [9.17, 15) is 9.59 Å². The first-order valence-corrected chi connectivity index (χ1v) is 7.14. The van der Waals surface area contributed by atoms with E-state index >= 15 is 0 Å². The Kier molecular flexibility index (Phi) is 3.16. The number of amides is 2. The largest absolute Gasteiger partial charge is 0.383 e. The minimum atomic E-state index is -0.300. The molecule has 2 amide bonds. The average Bonchev–Trinajstić information content (AvgIpc) is 2.99. The molecular weight excluding hydrogens is 272 g/mol. The van der Waals surface area contributed by atoms with Crippen molar-refractivity contribution < 1.29 is 15.7 Å². The molecule has 0 saturated carbocycles. The van der Waals surface area contributed by atoms with E-state index in [1.165, 1.54) is 10.4 Å². The Labute approximate surface area is 125 Å². The fourth-order valence-corrected chi connectivity index (χ4v) is 2.79. The number of rotatable bonds is 4. The fraction of sp³-hybridized carbons (Fsp3) is 0.571. The van der Waals surface area contributed by atoms with Gasteiger partial charge in [0.15, 0.2) is 0 Å². The molecule has 0 fully saturated rings. The van der Waals surface area contributed by atoms with Crippen LogP contribution in [0.1, 0.15) is 20.3 Å². The van der Waals surface area contributed by atoms with E-state index in [1.54, 1.807) is 12.0 Å². The summed E-state index contributed by atoms with van der Waals surface area (Å²) >= 11 is 0. The van der Waals surface area contributed by atoms with Gasteiger partial charge in [-0.2, -0.15) is 0 Å². The number of carbonyl (C=O) groups is 2. The van der Waals surface area contributed by atoms with E-state index in [0.29, 0.717) is 30.1 Å². The van der Waals surface area contributed by atoms with Crippen LogP contribution in [0.25, 0.3) is 0 Å². The highest BCUT2D eigenvalue weighted by Gasteiger charge is 2.44. The summed E-state index contributed by atoms with van der Waals surface area (Å²) in [7, 11) is 1.58. The van der Waals surface area contributed by atoms with Crippen LogP contribution in [0, 0.1) is 0 Å². The van der Waals surface area contributed by atoms with Gasteiger partial charge in [0.25, 0.3) is 11.8 Å². The minimum Gasteiger partial charge on any atom is -0.383 e. The molecule has 2 N–H and O–H groups in total. The first-order chi connectivity index (χ1) is 10.5. The highest BCUT2D eigenvalue weighted by Crippen LogP contribution is 2.29. The molecule has 0 aromatic heterocycles. The Hall–Kier alpha value is -1.86. The van der Waals surface area contributed by atoms with E-state index in [1.807, 2.05) is 19.9 Å². The number of hydrogen-bond donors (Lipinski definition) is 2. The predicted molar refractivity (Wildman–Crippen MR) is 75.4 cm³/mol. The van der Waals surface area contributed by atoms with Crippen molar-refractivity contribution >= 4 is 11.8 Å². The minimum absolute atomic E-state index is 0.114. The zero-order valence-electron chi connectivity index (χ0n) is 13.4. The quantitative estimate of drug-likeness (QED) is 0.744. The van der Waals surface area contributed by atoms with Gasteiger partial charge in [-0.3, -0.25) is 9.59 Å². The number of fused-ring (bicyclic) bond motifs is 1. The van der Waals surface area contributed by atoms with Crippen molar-refractivity contribution in [1.82, 2.24) is 20.6 Å². The Morgan fingerprint density at radius 1 is 1.52 bits per heavy atom. The summed E-state index contributed by atoms with van der Waals surface area (Å²) in [5, 5.41) is 4.33. The van der Waals surface area contributed by atoms with Gasteiger partial charge in [-0.15, -0.1) is 0 Å². The van der Waals surface area contributed by atoms with E-state index in [-0.39, 0.29) is 30.4 Å². The van der Waals surface area contributed by atoms with Crippen LogP contribution in [-0.2, 0) is 14.3 Å². The fourth-order valence-electron chi connectivity index (χ4n) is 2.79. The maximum atomic E-state index is 12.6. The van der Waals surface area contributed by atoms with Crippen LogP contribution in [0.5, 0.6) is 0 Å². The molecule has 0 aromatic carbocycles. The average molecular weight is 293 g/mol. The van der Waals surface area contributed by atoms with Crippen LogP contribution in [0.15, 0.2) is 23.2 Å². The third-order valence-corrected chi connectivity index (χ3v) is 4.01.